The van der Waals surface area contributed by atoms with Gasteiger partial charge in [0.1, 0.15) is 0 Å². The van der Waals surface area contributed by atoms with Gasteiger partial charge in [-0.2, -0.15) is 17.5 Å². The molecule has 0 aliphatic carbocycles. The number of sulfonamides is 1. The maximum Gasteiger partial charge on any atom is 0.511 e. The minimum absolute atomic E-state index is 0.121. The average Bonchev–Trinajstić information content (AvgIpc) is 2.54. The van der Waals surface area contributed by atoms with Crippen LogP contribution in [-0.2, 0) is 14.8 Å². The molecule has 0 aromatic rings. The zero-order valence-electron chi connectivity index (χ0n) is 14.6. The maximum absolute atomic E-state index is 12.6. The predicted molar refractivity (Wildman–Crippen MR) is 89.8 cm³/mol. The van der Waals surface area contributed by atoms with Gasteiger partial charge in [-0.1, -0.05) is 0 Å². The van der Waals surface area contributed by atoms with E-state index in [2.05, 4.69) is 15.6 Å². The first-order valence-corrected chi connectivity index (χ1v) is 9.85. The molecule has 1 fully saturated rings. The molecule has 7 nitrogen and oxygen atoms in total. The van der Waals surface area contributed by atoms with Crippen LogP contribution >= 0.6 is 0 Å². The van der Waals surface area contributed by atoms with E-state index in [-0.39, 0.29) is 19.1 Å². The molecule has 0 spiro atoms. The summed E-state index contributed by atoms with van der Waals surface area (Å²) in [4.78, 5) is 4.39. The van der Waals surface area contributed by atoms with Crippen LogP contribution in [0.3, 0.4) is 0 Å². The van der Waals surface area contributed by atoms with Crippen LogP contribution in [0.5, 0.6) is 0 Å². The number of hydrogen-bond donors (Lipinski definition) is 2. The fourth-order valence-electron chi connectivity index (χ4n) is 2.40. The van der Waals surface area contributed by atoms with E-state index in [0.29, 0.717) is 49.4 Å². The standard InChI is InChI=1S/C14H27F3N4O3S/c1-3-18-13(19-8-5-11-24-4-2)20-12-6-9-21(10-7-12)25(22,23)14(15,16)17/h12H,3-11H2,1-2H3,(H2,18,19,20). The number of aliphatic imine (C=N–C) groups is 1. The van der Waals surface area contributed by atoms with Crippen LogP contribution in [-0.4, -0.2) is 69.6 Å². The Morgan fingerprint density at radius 3 is 2.44 bits per heavy atom. The third kappa shape index (κ3) is 6.98. The highest BCUT2D eigenvalue weighted by Crippen LogP contribution is 2.28. The van der Waals surface area contributed by atoms with Crippen molar-refractivity contribution in [2.75, 3.05) is 39.4 Å². The van der Waals surface area contributed by atoms with Crippen LogP contribution in [0.4, 0.5) is 13.2 Å². The van der Waals surface area contributed by atoms with Crippen LogP contribution in [0.15, 0.2) is 4.99 Å². The van der Waals surface area contributed by atoms with E-state index < -0.39 is 15.5 Å². The molecule has 2 N–H and O–H groups in total. The van der Waals surface area contributed by atoms with E-state index in [1.165, 1.54) is 0 Å². The van der Waals surface area contributed by atoms with Crippen molar-refractivity contribution in [2.45, 2.75) is 44.7 Å². The summed E-state index contributed by atoms with van der Waals surface area (Å²) in [5.41, 5.74) is -5.25. The first-order valence-electron chi connectivity index (χ1n) is 8.41. The Kier molecular flexibility index (Phi) is 8.94. The Morgan fingerprint density at radius 1 is 1.28 bits per heavy atom. The quantitative estimate of drug-likeness (QED) is 0.372. The number of alkyl halides is 3. The van der Waals surface area contributed by atoms with Crippen molar-refractivity contribution in [3.63, 3.8) is 0 Å². The number of ether oxygens (including phenoxy) is 1. The van der Waals surface area contributed by atoms with Gasteiger partial charge >= 0.3 is 15.5 Å². The molecule has 1 heterocycles. The lowest BCUT2D eigenvalue weighted by molar-refractivity contribution is -0.0494. The van der Waals surface area contributed by atoms with Gasteiger partial charge in [-0.05, 0) is 33.1 Å². The van der Waals surface area contributed by atoms with Crippen molar-refractivity contribution >= 4 is 16.0 Å². The number of rotatable bonds is 8. The average molecular weight is 388 g/mol. The lowest BCUT2D eigenvalue weighted by Gasteiger charge is -2.32. The van der Waals surface area contributed by atoms with Crippen LogP contribution in [0.1, 0.15) is 33.1 Å². The summed E-state index contributed by atoms with van der Waals surface area (Å²) in [5, 5.41) is 6.23. The first kappa shape index (κ1) is 22.0. The molecule has 0 radical (unpaired) electrons. The number of nitrogens with zero attached hydrogens (tertiary/aromatic N) is 2. The minimum Gasteiger partial charge on any atom is -0.382 e. The highest BCUT2D eigenvalue weighted by molar-refractivity contribution is 7.90. The SMILES string of the molecule is CCNC(=NCCCOCC)NC1CCN(S(=O)(=O)C(F)(F)F)CC1. The molecule has 1 rings (SSSR count). The molecule has 25 heavy (non-hydrogen) atoms. The lowest BCUT2D eigenvalue weighted by atomic mass is 10.1. The van der Waals surface area contributed by atoms with Crippen molar-refractivity contribution in [3.8, 4) is 0 Å². The zero-order valence-corrected chi connectivity index (χ0v) is 15.4. The van der Waals surface area contributed by atoms with Crippen molar-refractivity contribution in [2.24, 2.45) is 4.99 Å². The van der Waals surface area contributed by atoms with Gasteiger partial charge in [-0.3, -0.25) is 4.99 Å². The van der Waals surface area contributed by atoms with Crippen LogP contribution in [0, 0.1) is 0 Å². The summed E-state index contributed by atoms with van der Waals surface area (Å²) in [5.74, 6) is 0.580. The Morgan fingerprint density at radius 2 is 1.92 bits per heavy atom. The smallest absolute Gasteiger partial charge is 0.382 e. The van der Waals surface area contributed by atoms with Crippen LogP contribution < -0.4 is 10.6 Å². The summed E-state index contributed by atoms with van der Waals surface area (Å²) >= 11 is 0. The molecule has 1 saturated heterocycles. The van der Waals surface area contributed by atoms with E-state index in [4.69, 9.17) is 4.74 Å². The fourth-order valence-corrected chi connectivity index (χ4v) is 3.39. The number of piperidine rings is 1. The van der Waals surface area contributed by atoms with Crippen molar-refractivity contribution in [3.05, 3.63) is 0 Å². The largest absolute Gasteiger partial charge is 0.511 e. The predicted octanol–water partition coefficient (Wildman–Crippen LogP) is 1.28. The number of hydrogen-bond acceptors (Lipinski definition) is 4. The van der Waals surface area contributed by atoms with Gasteiger partial charge in [0.2, 0.25) is 0 Å². The molecule has 0 amide bonds. The maximum atomic E-state index is 12.6. The molecule has 11 heteroatoms. The summed E-state index contributed by atoms with van der Waals surface area (Å²) in [7, 11) is -5.24. The van der Waals surface area contributed by atoms with E-state index in [0.717, 1.165) is 6.42 Å². The van der Waals surface area contributed by atoms with E-state index in [1.807, 2.05) is 13.8 Å². The molecule has 1 aliphatic heterocycles. The fraction of sp³-hybridized carbons (Fsp3) is 0.929. The number of nitrogens with one attached hydrogen (secondary N) is 2. The number of halogens is 3. The highest BCUT2D eigenvalue weighted by atomic mass is 32.2. The summed E-state index contributed by atoms with van der Waals surface area (Å²) in [6.07, 6.45) is 1.35. The molecule has 0 aromatic carbocycles. The van der Waals surface area contributed by atoms with Gasteiger partial charge in [0.05, 0.1) is 0 Å². The molecule has 0 atom stereocenters. The zero-order chi connectivity index (χ0) is 18.9. The Hall–Kier alpha value is -1.07. The molecule has 1 aliphatic rings. The molecule has 0 aromatic heterocycles. The third-order valence-electron chi connectivity index (χ3n) is 3.69. The van der Waals surface area contributed by atoms with Gasteiger partial charge in [0.15, 0.2) is 5.96 Å². The summed E-state index contributed by atoms with van der Waals surface area (Å²) in [6, 6.07) is -0.121. The molecular weight excluding hydrogens is 361 g/mol. The molecule has 0 unspecified atom stereocenters. The van der Waals surface area contributed by atoms with E-state index in [9.17, 15) is 21.6 Å². The molecule has 0 saturated carbocycles. The first-order chi connectivity index (χ1) is 11.7. The van der Waals surface area contributed by atoms with Crippen LogP contribution in [0.2, 0.25) is 0 Å². The normalized spacial score (nSPS) is 18.4. The second kappa shape index (κ2) is 10.2. The van der Waals surface area contributed by atoms with Crippen LogP contribution in [0.25, 0.3) is 0 Å². The van der Waals surface area contributed by atoms with Gasteiger partial charge in [-0.15, -0.1) is 0 Å². The van der Waals surface area contributed by atoms with Gasteiger partial charge in [0, 0.05) is 45.4 Å². The molecular formula is C14H27F3N4O3S. The summed E-state index contributed by atoms with van der Waals surface area (Å²) < 4.78 is 66.2. The van der Waals surface area contributed by atoms with Gasteiger partial charge < -0.3 is 15.4 Å². The monoisotopic (exact) mass is 388 g/mol. The minimum atomic E-state index is -5.25. The number of guanidine groups is 1. The van der Waals surface area contributed by atoms with E-state index in [1.54, 1.807) is 0 Å². The van der Waals surface area contributed by atoms with Gasteiger partial charge in [-0.25, -0.2) is 8.42 Å². The Bertz CT molecular complexity index is 518. The van der Waals surface area contributed by atoms with Gasteiger partial charge in [0.25, 0.3) is 0 Å². The molecule has 148 valence electrons. The van der Waals surface area contributed by atoms with Crippen molar-refractivity contribution in [1.29, 1.82) is 0 Å². The van der Waals surface area contributed by atoms with Crippen molar-refractivity contribution in [1.82, 2.24) is 14.9 Å². The molecule has 0 bridgehead atoms. The summed E-state index contributed by atoms with van der Waals surface area (Å²) in [6.45, 7) is 5.99. The van der Waals surface area contributed by atoms with E-state index >= 15 is 0 Å². The Labute approximate surface area is 147 Å². The Balaban J connectivity index is 2.50. The second-order valence-corrected chi connectivity index (χ2v) is 7.51. The topological polar surface area (TPSA) is 83.0 Å². The lowest BCUT2D eigenvalue weighted by Crippen LogP contribution is -2.51. The third-order valence-corrected chi connectivity index (χ3v) is 5.32. The van der Waals surface area contributed by atoms with Crippen molar-refractivity contribution < 1.29 is 26.3 Å². The highest BCUT2D eigenvalue weighted by Gasteiger charge is 2.50. The second-order valence-electron chi connectivity index (χ2n) is 5.58.